The van der Waals surface area contributed by atoms with E-state index in [9.17, 15) is 4.79 Å². The van der Waals surface area contributed by atoms with E-state index in [0.29, 0.717) is 12.2 Å². The minimum atomic E-state index is -0.156. The molecule has 1 N–H and O–H groups in total. The average molecular weight is 344 g/mol. The Hall–Kier alpha value is -3.14. The lowest BCUT2D eigenvalue weighted by Gasteiger charge is -2.08. The number of carbonyl (C=O) groups excluding carboxylic acids is 1. The van der Waals surface area contributed by atoms with E-state index in [2.05, 4.69) is 34.6 Å². The van der Waals surface area contributed by atoms with E-state index in [1.165, 1.54) is 11.1 Å². The molecule has 26 heavy (non-hydrogen) atoms. The van der Waals surface area contributed by atoms with Crippen molar-refractivity contribution in [2.75, 3.05) is 6.61 Å². The van der Waals surface area contributed by atoms with Crippen molar-refractivity contribution in [3.8, 4) is 16.9 Å². The number of ether oxygens (including phenoxy) is 1. The first-order valence-corrected chi connectivity index (χ1v) is 8.76. The van der Waals surface area contributed by atoms with Crippen LogP contribution in [0.1, 0.15) is 27.3 Å². The normalized spacial score (nSPS) is 12.3. The molecule has 0 aliphatic carbocycles. The van der Waals surface area contributed by atoms with E-state index in [1.807, 2.05) is 37.3 Å². The molecule has 0 unspecified atom stereocenters. The lowest BCUT2D eigenvalue weighted by atomic mass is 10.0. The van der Waals surface area contributed by atoms with Crippen LogP contribution in [0.5, 0.6) is 5.75 Å². The van der Waals surface area contributed by atoms with Gasteiger partial charge in [-0.25, -0.2) is 4.98 Å². The highest BCUT2D eigenvalue weighted by molar-refractivity contribution is 5.92. The Bertz CT molecular complexity index is 949. The monoisotopic (exact) mass is 344 g/mol. The van der Waals surface area contributed by atoms with Gasteiger partial charge in [0.2, 0.25) is 0 Å². The molecule has 0 atom stereocenters. The Balaban J connectivity index is 1.42. The molecule has 130 valence electrons. The zero-order valence-electron chi connectivity index (χ0n) is 14.7. The summed E-state index contributed by atoms with van der Waals surface area (Å²) in [6, 6.07) is 20.0. The molecule has 0 fully saturated rings. The van der Waals surface area contributed by atoms with Crippen LogP contribution in [0.25, 0.3) is 11.1 Å². The van der Waals surface area contributed by atoms with Crippen molar-refractivity contribution < 1.29 is 9.53 Å². The molecule has 1 aliphatic rings. The number of rotatable bonds is 4. The number of pyridine rings is 1. The van der Waals surface area contributed by atoms with Crippen molar-refractivity contribution in [3.63, 3.8) is 0 Å². The number of carbonyl (C=O) groups is 1. The zero-order chi connectivity index (χ0) is 17.9. The number of nitrogens with one attached hydrogen (secondary N) is 1. The molecule has 4 rings (SSSR count). The molecule has 4 nitrogen and oxygen atoms in total. The lowest BCUT2D eigenvalue weighted by molar-refractivity contribution is 0.0945. The number of aromatic nitrogens is 1. The van der Waals surface area contributed by atoms with E-state index >= 15 is 0 Å². The Kier molecular flexibility index (Phi) is 4.40. The fourth-order valence-electron chi connectivity index (χ4n) is 3.12. The van der Waals surface area contributed by atoms with E-state index in [-0.39, 0.29) is 5.91 Å². The molecule has 1 aromatic heterocycles. The van der Waals surface area contributed by atoms with E-state index in [4.69, 9.17) is 4.74 Å². The van der Waals surface area contributed by atoms with E-state index in [1.54, 1.807) is 6.07 Å². The number of hydrogen-bond donors (Lipinski definition) is 1. The van der Waals surface area contributed by atoms with Crippen LogP contribution in [0, 0.1) is 6.92 Å². The molecule has 2 aromatic carbocycles. The first kappa shape index (κ1) is 16.3. The van der Waals surface area contributed by atoms with Gasteiger partial charge in [-0.3, -0.25) is 4.79 Å². The molecular formula is C22H20N2O2. The molecule has 0 saturated heterocycles. The Labute approximate surface area is 152 Å². The van der Waals surface area contributed by atoms with Crippen molar-refractivity contribution in [3.05, 3.63) is 83.2 Å². The zero-order valence-corrected chi connectivity index (χ0v) is 14.7. The molecule has 0 bridgehead atoms. The predicted molar refractivity (Wildman–Crippen MR) is 101 cm³/mol. The van der Waals surface area contributed by atoms with Crippen molar-refractivity contribution >= 4 is 5.91 Å². The lowest BCUT2D eigenvalue weighted by Crippen LogP contribution is -2.23. The maximum Gasteiger partial charge on any atom is 0.270 e. The summed E-state index contributed by atoms with van der Waals surface area (Å²) < 4.78 is 5.56. The highest BCUT2D eigenvalue weighted by Crippen LogP contribution is 2.30. The highest BCUT2D eigenvalue weighted by atomic mass is 16.5. The van der Waals surface area contributed by atoms with Crippen LogP contribution in [0.2, 0.25) is 0 Å². The molecule has 1 amide bonds. The van der Waals surface area contributed by atoms with Gasteiger partial charge in [-0.2, -0.15) is 0 Å². The van der Waals surface area contributed by atoms with Crippen LogP contribution >= 0.6 is 0 Å². The number of fused-ring (bicyclic) bond motifs is 1. The second kappa shape index (κ2) is 7.00. The fourth-order valence-corrected chi connectivity index (χ4v) is 3.12. The maximum absolute atomic E-state index is 12.2. The third-order valence-corrected chi connectivity index (χ3v) is 4.55. The van der Waals surface area contributed by atoms with Crippen molar-refractivity contribution in [2.45, 2.75) is 19.9 Å². The first-order chi connectivity index (χ1) is 12.7. The molecule has 4 heteroatoms. The summed E-state index contributed by atoms with van der Waals surface area (Å²) in [6.07, 6.45) is 0.973. The number of amides is 1. The SMILES string of the molecule is Cc1cccc(C(=O)NCc2ccc(-c3ccc4c(c3)CCO4)cc2)n1. The van der Waals surface area contributed by atoms with Crippen molar-refractivity contribution in [2.24, 2.45) is 0 Å². The standard InChI is InChI=1S/C22H20N2O2/c1-15-3-2-4-20(24-15)22(25)23-14-16-5-7-17(8-6-16)18-9-10-21-19(13-18)11-12-26-21/h2-10,13H,11-12,14H2,1H3,(H,23,25). The average Bonchev–Trinajstić information content (AvgIpc) is 3.14. The van der Waals surface area contributed by atoms with Crippen LogP contribution in [-0.2, 0) is 13.0 Å². The number of hydrogen-bond acceptors (Lipinski definition) is 3. The molecule has 0 spiro atoms. The summed E-state index contributed by atoms with van der Waals surface area (Å²) in [4.78, 5) is 16.4. The molecule has 2 heterocycles. The van der Waals surface area contributed by atoms with Gasteiger partial charge in [0, 0.05) is 18.7 Å². The summed E-state index contributed by atoms with van der Waals surface area (Å²) in [5.41, 5.74) is 5.95. The van der Waals surface area contributed by atoms with Crippen LogP contribution < -0.4 is 10.1 Å². The Morgan fingerprint density at radius 2 is 1.88 bits per heavy atom. The fraction of sp³-hybridized carbons (Fsp3) is 0.182. The summed E-state index contributed by atoms with van der Waals surface area (Å²) in [7, 11) is 0. The summed E-state index contributed by atoms with van der Waals surface area (Å²) >= 11 is 0. The minimum absolute atomic E-state index is 0.156. The van der Waals surface area contributed by atoms with Gasteiger partial charge < -0.3 is 10.1 Å². The van der Waals surface area contributed by atoms with Crippen molar-refractivity contribution in [1.29, 1.82) is 0 Å². The van der Waals surface area contributed by atoms with Gasteiger partial charge in [0.05, 0.1) is 6.61 Å². The van der Waals surface area contributed by atoms with Gasteiger partial charge in [0.25, 0.3) is 5.91 Å². The minimum Gasteiger partial charge on any atom is -0.493 e. The summed E-state index contributed by atoms with van der Waals surface area (Å²) in [5, 5.41) is 2.92. The highest BCUT2D eigenvalue weighted by Gasteiger charge is 2.12. The quantitative estimate of drug-likeness (QED) is 0.780. The maximum atomic E-state index is 12.2. The van der Waals surface area contributed by atoms with E-state index in [0.717, 1.165) is 35.6 Å². The summed E-state index contributed by atoms with van der Waals surface area (Å²) in [5.74, 6) is 0.842. The Morgan fingerprint density at radius 3 is 2.69 bits per heavy atom. The van der Waals surface area contributed by atoms with Gasteiger partial charge >= 0.3 is 0 Å². The van der Waals surface area contributed by atoms with Crippen LogP contribution in [0.15, 0.2) is 60.7 Å². The van der Waals surface area contributed by atoms with Gasteiger partial charge in [-0.05, 0) is 53.4 Å². The predicted octanol–water partition coefficient (Wildman–Crippen LogP) is 3.92. The molecule has 0 saturated carbocycles. The van der Waals surface area contributed by atoms with Crippen LogP contribution in [-0.4, -0.2) is 17.5 Å². The van der Waals surface area contributed by atoms with Crippen LogP contribution in [0.3, 0.4) is 0 Å². The smallest absolute Gasteiger partial charge is 0.270 e. The topological polar surface area (TPSA) is 51.2 Å². The van der Waals surface area contributed by atoms with E-state index < -0.39 is 0 Å². The van der Waals surface area contributed by atoms with Gasteiger partial charge in [-0.15, -0.1) is 0 Å². The van der Waals surface area contributed by atoms with Gasteiger partial charge in [0.1, 0.15) is 11.4 Å². The van der Waals surface area contributed by atoms with Gasteiger partial charge in [-0.1, -0.05) is 36.4 Å². The third kappa shape index (κ3) is 3.45. The van der Waals surface area contributed by atoms with Gasteiger partial charge in [0.15, 0.2) is 0 Å². The third-order valence-electron chi connectivity index (χ3n) is 4.55. The summed E-state index contributed by atoms with van der Waals surface area (Å²) in [6.45, 7) is 3.13. The largest absolute Gasteiger partial charge is 0.493 e. The number of nitrogens with zero attached hydrogens (tertiary/aromatic N) is 1. The van der Waals surface area contributed by atoms with Crippen LogP contribution in [0.4, 0.5) is 0 Å². The molecular weight excluding hydrogens is 324 g/mol. The number of aryl methyl sites for hydroxylation is 1. The molecule has 3 aromatic rings. The molecule has 1 aliphatic heterocycles. The first-order valence-electron chi connectivity index (χ1n) is 8.76. The number of benzene rings is 2. The second-order valence-corrected chi connectivity index (χ2v) is 6.46. The molecule has 0 radical (unpaired) electrons. The second-order valence-electron chi connectivity index (χ2n) is 6.46. The van der Waals surface area contributed by atoms with Crippen molar-refractivity contribution in [1.82, 2.24) is 10.3 Å². The Morgan fingerprint density at radius 1 is 1.08 bits per heavy atom.